The van der Waals surface area contributed by atoms with E-state index in [1.165, 1.54) is 11.8 Å². The van der Waals surface area contributed by atoms with Gasteiger partial charge in [0.2, 0.25) is 0 Å². The van der Waals surface area contributed by atoms with Gasteiger partial charge in [-0.15, -0.1) is 11.8 Å². The van der Waals surface area contributed by atoms with Crippen molar-refractivity contribution >= 4 is 23.4 Å². The number of benzene rings is 2. The predicted octanol–water partition coefficient (Wildman–Crippen LogP) is 4.93. The minimum atomic E-state index is -0.796. The second kappa shape index (κ2) is 11.9. The molecular weight excluding hydrogens is 424 g/mol. The minimum Gasteiger partial charge on any atom is -0.490 e. The number of rotatable bonds is 11. The van der Waals surface area contributed by atoms with E-state index < -0.39 is 11.2 Å². The summed E-state index contributed by atoms with van der Waals surface area (Å²) in [4.78, 5) is 20.9. The van der Waals surface area contributed by atoms with E-state index in [2.05, 4.69) is 10.1 Å². The fourth-order valence-corrected chi connectivity index (χ4v) is 3.58. The summed E-state index contributed by atoms with van der Waals surface area (Å²) in [5.41, 5.74) is 4.70. The van der Waals surface area contributed by atoms with Gasteiger partial charge < -0.3 is 14.7 Å². The van der Waals surface area contributed by atoms with Crippen LogP contribution in [0.15, 0.2) is 78.1 Å². The smallest absolute Gasteiger partial charge is 0.316 e. The Labute approximate surface area is 192 Å². The number of carboxylic acid groups (broad SMARTS) is 1. The molecule has 32 heavy (non-hydrogen) atoms. The van der Waals surface area contributed by atoms with Gasteiger partial charge in [-0.2, -0.15) is 0 Å². The average Bonchev–Trinajstić information content (AvgIpc) is 2.83. The first-order valence-electron chi connectivity index (χ1n) is 10.2. The van der Waals surface area contributed by atoms with Gasteiger partial charge in [0.15, 0.2) is 6.61 Å². The van der Waals surface area contributed by atoms with E-state index in [9.17, 15) is 4.79 Å². The van der Waals surface area contributed by atoms with Crippen LogP contribution in [0.2, 0.25) is 0 Å². The molecule has 0 aliphatic carbocycles. The van der Waals surface area contributed by atoms with E-state index in [4.69, 9.17) is 14.7 Å². The summed E-state index contributed by atoms with van der Waals surface area (Å²) >= 11 is 1.33. The lowest BCUT2D eigenvalue weighted by Gasteiger charge is -2.10. The molecule has 2 aromatic carbocycles. The fourth-order valence-electron chi connectivity index (χ4n) is 3.01. The van der Waals surface area contributed by atoms with Gasteiger partial charge in [0.1, 0.15) is 17.6 Å². The molecule has 1 unspecified atom stereocenters. The highest BCUT2D eigenvalue weighted by molar-refractivity contribution is 7.99. The molecule has 0 saturated heterocycles. The zero-order valence-electron chi connectivity index (χ0n) is 18.1. The molecule has 3 rings (SSSR count). The quantitative estimate of drug-likeness (QED) is 0.254. The number of aromatic nitrogens is 1. The van der Waals surface area contributed by atoms with E-state index in [-0.39, 0.29) is 0 Å². The number of hydrogen-bond donors (Lipinski definition) is 1. The summed E-state index contributed by atoms with van der Waals surface area (Å²) in [6.07, 6.45) is 4.06. The molecule has 1 atom stereocenters. The molecule has 7 heteroatoms. The third-order valence-corrected chi connectivity index (χ3v) is 5.75. The molecule has 0 fully saturated rings. The second-order valence-electron chi connectivity index (χ2n) is 7.06. The topological polar surface area (TPSA) is 81.0 Å². The van der Waals surface area contributed by atoms with Crippen LogP contribution >= 0.6 is 11.8 Å². The van der Waals surface area contributed by atoms with Crippen LogP contribution in [0.5, 0.6) is 5.75 Å². The Morgan fingerprint density at radius 2 is 1.81 bits per heavy atom. The Hall–Kier alpha value is -3.32. The average molecular weight is 451 g/mol. The third kappa shape index (κ3) is 6.85. The molecule has 0 amide bonds. The lowest BCUT2D eigenvalue weighted by Crippen LogP contribution is -2.18. The molecule has 0 spiro atoms. The molecule has 0 saturated carbocycles. The third-order valence-electron chi connectivity index (χ3n) is 4.81. The molecule has 1 aromatic heterocycles. The largest absolute Gasteiger partial charge is 0.490 e. The van der Waals surface area contributed by atoms with Crippen molar-refractivity contribution in [3.63, 3.8) is 0 Å². The van der Waals surface area contributed by atoms with E-state index in [1.807, 2.05) is 73.7 Å². The summed E-state index contributed by atoms with van der Waals surface area (Å²) in [5.74, 6) is -0.0887. The number of thioether (sulfide) groups is 1. The predicted molar refractivity (Wildman–Crippen MR) is 128 cm³/mol. The van der Waals surface area contributed by atoms with Gasteiger partial charge in [-0.1, -0.05) is 47.6 Å². The van der Waals surface area contributed by atoms with E-state index >= 15 is 0 Å². The Morgan fingerprint density at radius 3 is 2.44 bits per heavy atom. The molecule has 3 aromatic rings. The number of nitrogens with zero attached hydrogens (tertiary/aromatic N) is 2. The lowest BCUT2D eigenvalue weighted by atomic mass is 10.1. The SMILES string of the molecule is CSC(Cc1ccc(OCCON=C(C)c2ccc(-c3ccccn3)cc2)cc1)C(=O)O. The van der Waals surface area contributed by atoms with Crippen molar-refractivity contribution in [1.29, 1.82) is 0 Å². The zero-order chi connectivity index (χ0) is 22.8. The highest BCUT2D eigenvalue weighted by Gasteiger charge is 2.16. The fraction of sp³-hybridized carbons (Fsp3) is 0.240. The highest BCUT2D eigenvalue weighted by atomic mass is 32.2. The molecular formula is C25H26N2O4S. The van der Waals surface area contributed by atoms with Crippen LogP contribution in [0.1, 0.15) is 18.1 Å². The maximum absolute atomic E-state index is 11.1. The van der Waals surface area contributed by atoms with Crippen molar-refractivity contribution in [3.05, 3.63) is 84.1 Å². The first-order valence-corrected chi connectivity index (χ1v) is 11.5. The number of carbonyl (C=O) groups is 1. The summed E-state index contributed by atoms with van der Waals surface area (Å²) in [6, 6.07) is 21.3. The number of oxime groups is 1. The number of carboxylic acids is 1. The maximum Gasteiger partial charge on any atom is 0.316 e. The standard InChI is InChI=1S/C25H26N2O4S/c1-18(20-8-10-21(11-9-20)23-5-3-4-14-26-23)27-31-16-15-30-22-12-6-19(7-13-22)17-24(32-2)25(28)29/h3-14,24H,15-17H2,1-2H3,(H,28,29). The van der Waals surface area contributed by atoms with Crippen LogP contribution in [0.3, 0.4) is 0 Å². The molecule has 0 aliphatic rings. The van der Waals surface area contributed by atoms with Gasteiger partial charge in [0, 0.05) is 11.8 Å². The van der Waals surface area contributed by atoms with Crippen LogP contribution in [0, 0.1) is 0 Å². The summed E-state index contributed by atoms with van der Waals surface area (Å²) in [7, 11) is 0. The molecule has 1 N–H and O–H groups in total. The van der Waals surface area contributed by atoms with Crippen molar-refractivity contribution in [2.24, 2.45) is 5.16 Å². The van der Waals surface area contributed by atoms with Crippen LogP contribution in [0.4, 0.5) is 0 Å². The lowest BCUT2D eigenvalue weighted by molar-refractivity contribution is -0.136. The monoisotopic (exact) mass is 450 g/mol. The van der Waals surface area contributed by atoms with Gasteiger partial charge in [0.05, 0.1) is 11.4 Å². The molecule has 0 aliphatic heterocycles. The number of aliphatic carboxylic acids is 1. The Balaban J connectivity index is 1.43. The van der Waals surface area contributed by atoms with Crippen molar-refractivity contribution in [2.45, 2.75) is 18.6 Å². The molecule has 6 nitrogen and oxygen atoms in total. The summed E-state index contributed by atoms with van der Waals surface area (Å²) in [6.45, 7) is 2.57. The van der Waals surface area contributed by atoms with Crippen LogP contribution in [-0.2, 0) is 16.1 Å². The van der Waals surface area contributed by atoms with Gasteiger partial charge >= 0.3 is 5.97 Å². The first-order chi connectivity index (χ1) is 15.6. The molecule has 1 heterocycles. The normalized spacial score (nSPS) is 12.2. The Kier molecular flexibility index (Phi) is 8.69. The Morgan fingerprint density at radius 1 is 1.06 bits per heavy atom. The van der Waals surface area contributed by atoms with E-state index in [0.717, 1.165) is 28.1 Å². The molecule has 166 valence electrons. The molecule has 0 bridgehead atoms. The van der Waals surface area contributed by atoms with Crippen LogP contribution in [-0.4, -0.2) is 46.5 Å². The number of ether oxygens (including phenoxy) is 1. The van der Waals surface area contributed by atoms with Crippen molar-refractivity contribution in [3.8, 4) is 17.0 Å². The number of pyridine rings is 1. The summed E-state index contributed by atoms with van der Waals surface area (Å²) in [5, 5.41) is 12.9. The van der Waals surface area contributed by atoms with Gasteiger partial charge in [-0.05, 0) is 55.0 Å². The van der Waals surface area contributed by atoms with Gasteiger partial charge in [-0.25, -0.2) is 0 Å². The van der Waals surface area contributed by atoms with Crippen LogP contribution in [0.25, 0.3) is 11.3 Å². The van der Waals surface area contributed by atoms with Crippen molar-refractivity contribution in [2.75, 3.05) is 19.5 Å². The second-order valence-corrected chi connectivity index (χ2v) is 8.10. The van der Waals surface area contributed by atoms with E-state index in [1.54, 1.807) is 12.5 Å². The highest BCUT2D eigenvalue weighted by Crippen LogP contribution is 2.19. The maximum atomic E-state index is 11.1. The van der Waals surface area contributed by atoms with E-state index in [0.29, 0.717) is 25.4 Å². The van der Waals surface area contributed by atoms with Gasteiger partial charge in [0.25, 0.3) is 0 Å². The first kappa shape index (κ1) is 23.3. The molecule has 0 radical (unpaired) electrons. The number of hydrogen-bond acceptors (Lipinski definition) is 6. The van der Waals surface area contributed by atoms with Crippen molar-refractivity contribution in [1.82, 2.24) is 4.98 Å². The van der Waals surface area contributed by atoms with Crippen LogP contribution < -0.4 is 4.74 Å². The van der Waals surface area contributed by atoms with Crippen molar-refractivity contribution < 1.29 is 19.5 Å². The summed E-state index contributed by atoms with van der Waals surface area (Å²) < 4.78 is 5.67. The van der Waals surface area contributed by atoms with Gasteiger partial charge in [-0.3, -0.25) is 9.78 Å². The minimum absolute atomic E-state index is 0.318. The zero-order valence-corrected chi connectivity index (χ0v) is 18.9. The Bertz CT molecular complexity index is 1020.